The van der Waals surface area contributed by atoms with Crippen LogP contribution in [-0.2, 0) is 24.3 Å². The number of fused-ring (bicyclic) bond motifs is 1. The number of nitrogens with one attached hydrogen (secondary N) is 2. The number of aromatic amines is 1. The molecule has 2 heterocycles. The molecule has 1 amide bonds. The lowest BCUT2D eigenvalue weighted by Crippen LogP contribution is -2.31. The lowest BCUT2D eigenvalue weighted by Gasteiger charge is -2.26. The first-order chi connectivity index (χ1) is 13.5. The van der Waals surface area contributed by atoms with Gasteiger partial charge < -0.3 is 5.32 Å². The zero-order valence-corrected chi connectivity index (χ0v) is 16.3. The number of rotatable bonds is 4. The predicted octanol–water partition coefficient (Wildman–Crippen LogP) is 3.34. The third-order valence-corrected chi connectivity index (χ3v) is 5.09. The summed E-state index contributed by atoms with van der Waals surface area (Å²) in [5, 5.41) is 6.73. The molecular weight excluding hydrogens is 376 g/mol. The Morgan fingerprint density at radius 1 is 1.21 bits per heavy atom. The smallest absolute Gasteiger partial charge is 0.274 e. The molecule has 0 saturated carbocycles. The van der Waals surface area contributed by atoms with E-state index in [2.05, 4.69) is 21.4 Å². The Morgan fingerprint density at radius 3 is 2.82 bits per heavy atom. The number of anilines is 1. The first-order valence-electron chi connectivity index (χ1n) is 9.17. The second kappa shape index (κ2) is 7.66. The fourth-order valence-electron chi connectivity index (χ4n) is 3.61. The van der Waals surface area contributed by atoms with Crippen molar-refractivity contribution >= 4 is 23.2 Å². The number of hydrogen-bond acceptors (Lipinski definition) is 3. The molecule has 0 atom stereocenters. The van der Waals surface area contributed by atoms with Crippen LogP contribution in [0.5, 0.6) is 0 Å². The summed E-state index contributed by atoms with van der Waals surface area (Å²) in [5.74, 6) is -0.146. The zero-order chi connectivity index (χ0) is 19.7. The Hall–Kier alpha value is -2.83. The second-order valence-electron chi connectivity index (χ2n) is 7.03. The summed E-state index contributed by atoms with van der Waals surface area (Å²) in [6.07, 6.45) is 0.698. The molecule has 1 aliphatic heterocycles. The third-order valence-electron chi connectivity index (χ3n) is 4.85. The molecule has 4 rings (SSSR count). The number of amides is 1. The highest BCUT2D eigenvalue weighted by atomic mass is 35.5. The molecule has 7 heteroatoms. The summed E-state index contributed by atoms with van der Waals surface area (Å²) in [6.45, 7) is 3.74. The minimum Gasteiger partial charge on any atom is -0.326 e. The first kappa shape index (κ1) is 18.5. The summed E-state index contributed by atoms with van der Waals surface area (Å²) >= 11 is 6.08. The summed E-state index contributed by atoms with van der Waals surface area (Å²) in [6, 6.07) is 15.1. The van der Waals surface area contributed by atoms with Crippen molar-refractivity contribution < 1.29 is 4.79 Å². The molecule has 3 aromatic rings. The van der Waals surface area contributed by atoms with E-state index >= 15 is 0 Å². The average molecular weight is 397 g/mol. The van der Waals surface area contributed by atoms with Gasteiger partial charge in [-0.3, -0.25) is 19.6 Å². The first-order valence-corrected chi connectivity index (χ1v) is 9.55. The fourth-order valence-corrected chi connectivity index (χ4v) is 3.83. The van der Waals surface area contributed by atoms with Crippen molar-refractivity contribution in [2.75, 3.05) is 11.9 Å². The van der Waals surface area contributed by atoms with Gasteiger partial charge in [0.2, 0.25) is 5.91 Å². The highest BCUT2D eigenvalue weighted by Gasteiger charge is 2.23. The van der Waals surface area contributed by atoms with Crippen molar-refractivity contribution in [3.8, 4) is 5.69 Å². The summed E-state index contributed by atoms with van der Waals surface area (Å²) in [4.78, 5) is 26.5. The zero-order valence-electron chi connectivity index (χ0n) is 15.5. The molecule has 0 unspecified atom stereocenters. The van der Waals surface area contributed by atoms with E-state index in [0.717, 1.165) is 34.9 Å². The maximum Gasteiger partial charge on any atom is 0.274 e. The standard InChI is InChI=1S/C21H21ClN4O2/c1-14(27)23-17-6-3-7-18(11-17)26-21(28)19-8-9-25(13-20(19)24-26)12-15-4-2-5-16(22)10-15/h2-7,10-11,24H,8-9,12-13H2,1H3,(H,23,27). The van der Waals surface area contributed by atoms with Gasteiger partial charge in [-0.25, -0.2) is 4.68 Å². The van der Waals surface area contributed by atoms with Gasteiger partial charge in [0.25, 0.3) is 5.56 Å². The molecule has 0 saturated heterocycles. The molecule has 2 N–H and O–H groups in total. The van der Waals surface area contributed by atoms with E-state index in [9.17, 15) is 9.59 Å². The maximum atomic E-state index is 12.9. The molecule has 1 aliphatic rings. The SMILES string of the molecule is CC(=O)Nc1cccc(-n2[nH]c3c(c2=O)CCN(Cc2cccc(Cl)c2)C3)c1. The van der Waals surface area contributed by atoms with Gasteiger partial charge in [-0.2, -0.15) is 0 Å². The van der Waals surface area contributed by atoms with Crippen LogP contribution in [0.1, 0.15) is 23.7 Å². The molecule has 0 radical (unpaired) electrons. The van der Waals surface area contributed by atoms with Gasteiger partial charge in [0.1, 0.15) is 0 Å². The van der Waals surface area contributed by atoms with Crippen molar-refractivity contribution in [2.24, 2.45) is 0 Å². The van der Waals surface area contributed by atoms with Gasteiger partial charge in [0.05, 0.1) is 11.4 Å². The number of aromatic nitrogens is 2. The molecule has 1 aromatic heterocycles. The number of carbonyl (C=O) groups is 1. The molecule has 28 heavy (non-hydrogen) atoms. The van der Waals surface area contributed by atoms with E-state index in [1.165, 1.54) is 6.92 Å². The van der Waals surface area contributed by atoms with Crippen LogP contribution in [0.2, 0.25) is 5.02 Å². The Labute approximate surface area is 167 Å². The van der Waals surface area contributed by atoms with E-state index in [0.29, 0.717) is 24.3 Å². The third kappa shape index (κ3) is 3.88. The number of benzene rings is 2. The maximum absolute atomic E-state index is 12.9. The molecule has 0 bridgehead atoms. The van der Waals surface area contributed by atoms with E-state index in [1.807, 2.05) is 30.3 Å². The topological polar surface area (TPSA) is 70.1 Å². The predicted molar refractivity (Wildman–Crippen MR) is 110 cm³/mol. The highest BCUT2D eigenvalue weighted by Crippen LogP contribution is 2.20. The van der Waals surface area contributed by atoms with Crippen LogP contribution in [0, 0.1) is 0 Å². The Balaban J connectivity index is 1.58. The number of H-pyrrole nitrogens is 1. The number of halogens is 1. The van der Waals surface area contributed by atoms with E-state index in [4.69, 9.17) is 11.6 Å². The Morgan fingerprint density at radius 2 is 2.04 bits per heavy atom. The van der Waals surface area contributed by atoms with E-state index < -0.39 is 0 Å². The fraction of sp³-hybridized carbons (Fsp3) is 0.238. The van der Waals surface area contributed by atoms with Crippen LogP contribution in [-0.4, -0.2) is 27.1 Å². The van der Waals surface area contributed by atoms with Crippen molar-refractivity contribution in [2.45, 2.75) is 26.4 Å². The summed E-state index contributed by atoms with van der Waals surface area (Å²) < 4.78 is 1.55. The Kier molecular flexibility index (Phi) is 5.07. The van der Waals surface area contributed by atoms with Crippen LogP contribution in [0.25, 0.3) is 5.69 Å². The quantitative estimate of drug-likeness (QED) is 0.710. The molecule has 144 valence electrons. The van der Waals surface area contributed by atoms with Crippen LogP contribution < -0.4 is 10.9 Å². The van der Waals surface area contributed by atoms with Crippen molar-refractivity contribution in [3.05, 3.63) is 80.7 Å². The number of carbonyl (C=O) groups excluding carboxylic acids is 1. The number of nitrogens with zero attached hydrogens (tertiary/aromatic N) is 2. The molecular formula is C21H21ClN4O2. The monoisotopic (exact) mass is 396 g/mol. The van der Waals surface area contributed by atoms with Crippen LogP contribution in [0.4, 0.5) is 5.69 Å². The van der Waals surface area contributed by atoms with Gasteiger partial charge in [-0.15, -0.1) is 0 Å². The lowest BCUT2D eigenvalue weighted by atomic mass is 10.1. The second-order valence-corrected chi connectivity index (χ2v) is 7.47. The van der Waals surface area contributed by atoms with E-state index in [1.54, 1.807) is 16.8 Å². The van der Waals surface area contributed by atoms with Gasteiger partial charge in [-0.05, 0) is 42.3 Å². The van der Waals surface area contributed by atoms with Crippen molar-refractivity contribution in [1.29, 1.82) is 0 Å². The van der Waals surface area contributed by atoms with Gasteiger partial charge in [-0.1, -0.05) is 29.8 Å². The van der Waals surface area contributed by atoms with Crippen LogP contribution in [0.15, 0.2) is 53.3 Å². The van der Waals surface area contributed by atoms with Gasteiger partial charge in [0.15, 0.2) is 0 Å². The molecule has 0 spiro atoms. The molecule has 2 aromatic carbocycles. The largest absolute Gasteiger partial charge is 0.326 e. The van der Waals surface area contributed by atoms with Crippen LogP contribution in [0.3, 0.4) is 0 Å². The van der Waals surface area contributed by atoms with Crippen molar-refractivity contribution in [1.82, 2.24) is 14.7 Å². The van der Waals surface area contributed by atoms with E-state index in [-0.39, 0.29) is 11.5 Å². The minimum atomic E-state index is -0.146. The molecule has 0 fully saturated rings. The lowest BCUT2D eigenvalue weighted by molar-refractivity contribution is -0.114. The molecule has 0 aliphatic carbocycles. The van der Waals surface area contributed by atoms with Gasteiger partial charge in [0, 0.05) is 42.8 Å². The molecule has 6 nitrogen and oxygen atoms in total. The van der Waals surface area contributed by atoms with Crippen LogP contribution >= 0.6 is 11.6 Å². The summed E-state index contributed by atoms with van der Waals surface area (Å²) in [5.41, 5.74) is 4.24. The average Bonchev–Trinajstić information content (AvgIpc) is 2.98. The highest BCUT2D eigenvalue weighted by molar-refractivity contribution is 6.30. The Bertz CT molecular complexity index is 1090. The van der Waals surface area contributed by atoms with Crippen molar-refractivity contribution in [3.63, 3.8) is 0 Å². The normalized spacial score (nSPS) is 13.9. The summed E-state index contributed by atoms with van der Waals surface area (Å²) in [7, 11) is 0. The number of hydrogen-bond donors (Lipinski definition) is 2. The minimum absolute atomic E-state index is 0.0302. The van der Waals surface area contributed by atoms with Gasteiger partial charge >= 0.3 is 0 Å².